The molecular weight excluding hydrogens is 552 g/mol. The monoisotopic (exact) mass is 581 g/mol. The molecule has 1 spiro atoms. The van der Waals surface area contributed by atoms with Gasteiger partial charge in [-0.2, -0.15) is 26.3 Å². The lowest BCUT2D eigenvalue weighted by Gasteiger charge is -2.42. The van der Waals surface area contributed by atoms with Crippen LogP contribution in [0.1, 0.15) is 31.2 Å². The summed E-state index contributed by atoms with van der Waals surface area (Å²) >= 11 is 0. The second-order valence-corrected chi connectivity index (χ2v) is 8.95. The van der Waals surface area contributed by atoms with E-state index in [2.05, 4.69) is 20.9 Å². The molecule has 0 aromatic carbocycles. The summed E-state index contributed by atoms with van der Waals surface area (Å²) in [5.74, 6) is -4.21. The van der Waals surface area contributed by atoms with Crippen molar-refractivity contribution < 1.29 is 55.6 Å². The van der Waals surface area contributed by atoms with Gasteiger partial charge in [-0.1, -0.05) is 12.1 Å². The summed E-state index contributed by atoms with van der Waals surface area (Å²) in [5.41, 5.74) is 1.34. The van der Waals surface area contributed by atoms with Gasteiger partial charge in [0, 0.05) is 50.9 Å². The highest BCUT2D eigenvalue weighted by Gasteiger charge is 2.45. The molecule has 9 nitrogen and oxygen atoms in total. The van der Waals surface area contributed by atoms with E-state index >= 15 is 0 Å². The summed E-state index contributed by atoms with van der Waals surface area (Å²) in [7, 11) is 0. The number of alkyl halides is 6. The Labute approximate surface area is 225 Å². The van der Waals surface area contributed by atoms with E-state index < -0.39 is 24.3 Å². The molecule has 2 saturated heterocycles. The highest BCUT2D eigenvalue weighted by Crippen LogP contribution is 2.42. The molecule has 2 aliphatic heterocycles. The summed E-state index contributed by atoms with van der Waals surface area (Å²) < 4.78 is 75.6. The molecular formula is C25H29F6N3O6. The minimum Gasteiger partial charge on any atom is -0.478 e. The van der Waals surface area contributed by atoms with E-state index in [-0.39, 0.29) is 5.60 Å². The fourth-order valence-electron chi connectivity index (χ4n) is 4.32. The van der Waals surface area contributed by atoms with E-state index in [1.807, 2.05) is 36.7 Å². The van der Waals surface area contributed by atoms with Gasteiger partial charge in [-0.15, -0.1) is 0 Å². The van der Waals surface area contributed by atoms with Gasteiger partial charge in [0.15, 0.2) is 0 Å². The Morgan fingerprint density at radius 1 is 1.00 bits per heavy atom. The lowest BCUT2D eigenvalue weighted by molar-refractivity contribution is -0.193. The van der Waals surface area contributed by atoms with Crippen LogP contribution in [0.4, 0.5) is 26.3 Å². The third-order valence-electron chi connectivity index (χ3n) is 6.27. The first-order valence-corrected chi connectivity index (χ1v) is 12.1. The highest BCUT2D eigenvalue weighted by molar-refractivity contribution is 5.73. The van der Waals surface area contributed by atoms with Crippen LogP contribution in [-0.2, 0) is 20.9 Å². The smallest absolute Gasteiger partial charge is 0.478 e. The molecule has 2 fully saturated rings. The molecule has 15 heteroatoms. The summed E-state index contributed by atoms with van der Waals surface area (Å²) in [6.07, 6.45) is -0.184. The zero-order valence-electron chi connectivity index (χ0n) is 21.2. The third kappa shape index (κ3) is 11.0. The van der Waals surface area contributed by atoms with E-state index in [9.17, 15) is 26.3 Å². The van der Waals surface area contributed by atoms with Crippen LogP contribution in [0.2, 0.25) is 0 Å². The molecule has 1 unspecified atom stereocenters. The Morgan fingerprint density at radius 2 is 1.62 bits per heavy atom. The normalized spacial score (nSPS) is 18.6. The summed E-state index contributed by atoms with van der Waals surface area (Å²) in [5, 5.41) is 14.2. The number of nitrogens with zero attached hydrogens (tertiary/aromatic N) is 3. The lowest BCUT2D eigenvalue weighted by atomic mass is 9.78. The van der Waals surface area contributed by atoms with Gasteiger partial charge < -0.3 is 19.7 Å². The van der Waals surface area contributed by atoms with Crippen LogP contribution in [0, 0.1) is 5.92 Å². The number of ether oxygens (including phenoxy) is 2. The second kappa shape index (κ2) is 14.8. The Balaban J connectivity index is 0.000000333. The first kappa shape index (κ1) is 32.8. The van der Waals surface area contributed by atoms with Gasteiger partial charge in [0.2, 0.25) is 5.88 Å². The van der Waals surface area contributed by atoms with Crippen molar-refractivity contribution in [2.45, 2.75) is 50.2 Å². The Morgan fingerprint density at radius 3 is 2.12 bits per heavy atom. The first-order chi connectivity index (χ1) is 18.7. The maximum absolute atomic E-state index is 10.6. The van der Waals surface area contributed by atoms with Crippen molar-refractivity contribution in [3.63, 3.8) is 0 Å². The number of aromatic nitrogens is 2. The van der Waals surface area contributed by atoms with Crippen molar-refractivity contribution in [2.24, 2.45) is 5.92 Å². The van der Waals surface area contributed by atoms with Crippen molar-refractivity contribution in [1.82, 2.24) is 14.9 Å². The molecule has 0 aliphatic carbocycles. The Hall–Kier alpha value is -3.46. The molecule has 40 heavy (non-hydrogen) atoms. The molecule has 222 valence electrons. The average Bonchev–Trinajstić information content (AvgIpc) is 3.28. The Bertz CT molecular complexity index is 1020. The highest BCUT2D eigenvalue weighted by atomic mass is 19.4. The average molecular weight is 582 g/mol. The van der Waals surface area contributed by atoms with Crippen LogP contribution in [-0.4, -0.2) is 81.3 Å². The van der Waals surface area contributed by atoms with Crippen LogP contribution in [0.3, 0.4) is 0 Å². The summed E-state index contributed by atoms with van der Waals surface area (Å²) in [6, 6.07) is 9.95. The number of pyridine rings is 2. The second-order valence-electron chi connectivity index (χ2n) is 8.95. The van der Waals surface area contributed by atoms with Crippen molar-refractivity contribution in [3.05, 3.63) is 54.5 Å². The molecule has 2 aromatic rings. The van der Waals surface area contributed by atoms with E-state index in [0.717, 1.165) is 51.9 Å². The quantitative estimate of drug-likeness (QED) is 0.472. The van der Waals surface area contributed by atoms with E-state index in [1.165, 1.54) is 5.56 Å². The number of aliphatic carboxylic acids is 2. The maximum Gasteiger partial charge on any atom is 0.490 e. The fourth-order valence-corrected chi connectivity index (χ4v) is 4.32. The molecule has 0 saturated carbocycles. The number of carbonyl (C=O) groups is 2. The number of hydrogen-bond acceptors (Lipinski definition) is 7. The minimum absolute atomic E-state index is 0.0545. The topological polar surface area (TPSA) is 122 Å². The van der Waals surface area contributed by atoms with Crippen molar-refractivity contribution in [1.29, 1.82) is 0 Å². The predicted molar refractivity (Wildman–Crippen MR) is 127 cm³/mol. The van der Waals surface area contributed by atoms with Crippen LogP contribution in [0.15, 0.2) is 48.9 Å². The van der Waals surface area contributed by atoms with Crippen LogP contribution in [0.5, 0.6) is 5.88 Å². The summed E-state index contributed by atoms with van der Waals surface area (Å²) in [4.78, 5) is 28.8. The third-order valence-corrected chi connectivity index (χ3v) is 6.27. The number of piperidine rings is 1. The van der Waals surface area contributed by atoms with Crippen molar-refractivity contribution >= 4 is 11.9 Å². The number of likely N-dealkylation sites (tertiary alicyclic amines) is 1. The summed E-state index contributed by atoms with van der Waals surface area (Å²) in [6.45, 7) is 4.76. The molecule has 2 N–H and O–H groups in total. The minimum atomic E-state index is -5.08. The molecule has 1 atom stereocenters. The van der Waals surface area contributed by atoms with Gasteiger partial charge in [-0.25, -0.2) is 14.6 Å². The van der Waals surface area contributed by atoms with E-state index in [0.29, 0.717) is 18.4 Å². The zero-order chi connectivity index (χ0) is 29.8. The number of halogens is 6. The van der Waals surface area contributed by atoms with Crippen LogP contribution < -0.4 is 4.74 Å². The molecule has 2 aliphatic rings. The molecule has 4 rings (SSSR count). The number of carboxylic acid groups (broad SMARTS) is 2. The molecule has 0 amide bonds. The van der Waals surface area contributed by atoms with Gasteiger partial charge in [-0.05, 0) is 49.3 Å². The number of carboxylic acids is 2. The van der Waals surface area contributed by atoms with Gasteiger partial charge in [0.1, 0.15) is 0 Å². The number of hydrogen-bond donors (Lipinski definition) is 2. The van der Waals surface area contributed by atoms with Gasteiger partial charge >= 0.3 is 24.3 Å². The predicted octanol–water partition coefficient (Wildman–Crippen LogP) is 4.58. The number of rotatable bonds is 6. The standard InChI is InChI=1S/C21H27N3O2.2C2HF3O2/c1-2-11-23-20(5-1)25-14-6-19-7-15-26-21(19)8-12-24(13-9-21)17-18-4-3-10-22-16-18;2*3-2(4,5)1(6)7/h1-5,10-11,16,19H,6-9,12-15,17H2;2*(H,6,7). The largest absolute Gasteiger partial charge is 0.490 e. The van der Waals surface area contributed by atoms with Gasteiger partial charge in [0.25, 0.3) is 0 Å². The molecule has 0 radical (unpaired) electrons. The maximum atomic E-state index is 10.6. The molecule has 2 aromatic heterocycles. The van der Waals surface area contributed by atoms with Gasteiger partial charge in [0.05, 0.1) is 12.2 Å². The van der Waals surface area contributed by atoms with Crippen molar-refractivity contribution in [3.8, 4) is 5.88 Å². The Kier molecular flexibility index (Phi) is 12.1. The lowest BCUT2D eigenvalue weighted by Crippen LogP contribution is -2.47. The van der Waals surface area contributed by atoms with Crippen LogP contribution >= 0.6 is 0 Å². The van der Waals surface area contributed by atoms with E-state index in [4.69, 9.17) is 29.3 Å². The fraction of sp³-hybridized carbons (Fsp3) is 0.520. The molecule has 4 heterocycles. The van der Waals surface area contributed by atoms with Crippen LogP contribution in [0.25, 0.3) is 0 Å². The molecule has 0 bridgehead atoms. The SMILES string of the molecule is O=C(O)C(F)(F)F.O=C(O)C(F)(F)F.c1ccc(OCCC2CCOC23CCN(Cc2cccnc2)CC3)nc1. The van der Waals surface area contributed by atoms with Crippen molar-refractivity contribution in [2.75, 3.05) is 26.3 Å². The first-order valence-electron chi connectivity index (χ1n) is 12.1. The zero-order valence-corrected chi connectivity index (χ0v) is 21.2. The van der Waals surface area contributed by atoms with E-state index in [1.54, 1.807) is 6.20 Å². The van der Waals surface area contributed by atoms with Gasteiger partial charge in [-0.3, -0.25) is 9.88 Å².